The molecule has 8 nitrogen and oxygen atoms in total. The Morgan fingerprint density at radius 3 is 2.06 bits per heavy atom. The van der Waals surface area contributed by atoms with Gasteiger partial charge in [0.25, 0.3) is 11.8 Å². The molecule has 0 saturated heterocycles. The van der Waals surface area contributed by atoms with Crippen LogP contribution in [-0.4, -0.2) is 31.9 Å². The van der Waals surface area contributed by atoms with E-state index in [1.165, 1.54) is 20.3 Å². The molecular weight excluding hydrogens is 715 g/mol. The number of methoxy groups -OCH3 is 2. The van der Waals surface area contributed by atoms with Crippen molar-refractivity contribution in [1.29, 1.82) is 0 Å². The number of rotatable bonds is 12. The third kappa shape index (κ3) is 9.74. The standard InChI is InChI=1S/C39H31ClF3N3O5S/c1-50-33-20-13-24(22-34(33)51-2)21-32(46-36(47)26-11-7-4-8-12-26)37(48)44-28-15-17-29(18-16-28)52-35(25-9-5-3-6-10-25)38(49)45-31-23-27(39(41,42)43)14-19-30(31)40/h3-23,35H,1-2H3,(H,44,48)(H,45,49)(H,46,47)/b32-21-. The highest BCUT2D eigenvalue weighted by molar-refractivity contribution is 8.00. The first-order valence-electron chi connectivity index (χ1n) is 15.6. The fourth-order valence-electron chi connectivity index (χ4n) is 4.90. The van der Waals surface area contributed by atoms with Gasteiger partial charge < -0.3 is 25.4 Å². The van der Waals surface area contributed by atoms with E-state index in [1.807, 2.05) is 0 Å². The van der Waals surface area contributed by atoms with Crippen molar-refractivity contribution < 1.29 is 37.0 Å². The highest BCUT2D eigenvalue weighted by Gasteiger charge is 2.32. The second kappa shape index (κ2) is 17.0. The number of carbonyl (C=O) groups is 3. The fourth-order valence-corrected chi connectivity index (χ4v) is 6.09. The molecule has 0 fully saturated rings. The molecule has 266 valence electrons. The van der Waals surface area contributed by atoms with Gasteiger partial charge in [-0.1, -0.05) is 66.2 Å². The Morgan fingerprint density at radius 2 is 1.42 bits per heavy atom. The first-order valence-corrected chi connectivity index (χ1v) is 16.8. The van der Waals surface area contributed by atoms with Crippen LogP contribution in [0.2, 0.25) is 5.02 Å². The number of halogens is 4. The summed E-state index contributed by atoms with van der Waals surface area (Å²) in [6.07, 6.45) is -3.12. The number of ether oxygens (including phenoxy) is 2. The zero-order valence-corrected chi connectivity index (χ0v) is 29.2. The number of benzene rings is 5. The predicted molar refractivity (Wildman–Crippen MR) is 197 cm³/mol. The number of hydrogen-bond acceptors (Lipinski definition) is 6. The van der Waals surface area contributed by atoms with E-state index >= 15 is 0 Å². The van der Waals surface area contributed by atoms with Crippen molar-refractivity contribution in [3.8, 4) is 11.5 Å². The molecule has 0 aliphatic carbocycles. The van der Waals surface area contributed by atoms with Crippen LogP contribution in [0.1, 0.15) is 32.3 Å². The van der Waals surface area contributed by atoms with Gasteiger partial charge in [-0.05, 0) is 83.9 Å². The summed E-state index contributed by atoms with van der Waals surface area (Å²) in [6, 6.07) is 31.5. The third-order valence-electron chi connectivity index (χ3n) is 7.51. The summed E-state index contributed by atoms with van der Waals surface area (Å²) in [7, 11) is 2.99. The highest BCUT2D eigenvalue weighted by atomic mass is 35.5. The van der Waals surface area contributed by atoms with Crippen molar-refractivity contribution >= 4 is 58.5 Å². The Hall–Kier alpha value is -5.72. The van der Waals surface area contributed by atoms with Crippen molar-refractivity contribution in [3.05, 3.63) is 154 Å². The Labute approximate surface area is 307 Å². The summed E-state index contributed by atoms with van der Waals surface area (Å²) in [4.78, 5) is 40.8. The van der Waals surface area contributed by atoms with Crippen LogP contribution >= 0.6 is 23.4 Å². The molecule has 0 aliphatic rings. The molecule has 5 rings (SSSR count). The van der Waals surface area contributed by atoms with E-state index in [0.29, 0.717) is 38.8 Å². The molecule has 1 unspecified atom stereocenters. The van der Waals surface area contributed by atoms with E-state index in [2.05, 4.69) is 16.0 Å². The van der Waals surface area contributed by atoms with Gasteiger partial charge in [0, 0.05) is 16.1 Å². The van der Waals surface area contributed by atoms with E-state index in [-0.39, 0.29) is 16.4 Å². The molecule has 5 aromatic rings. The highest BCUT2D eigenvalue weighted by Crippen LogP contribution is 2.39. The van der Waals surface area contributed by atoms with Gasteiger partial charge >= 0.3 is 6.18 Å². The van der Waals surface area contributed by atoms with E-state index in [1.54, 1.807) is 103 Å². The van der Waals surface area contributed by atoms with E-state index in [4.69, 9.17) is 21.1 Å². The molecule has 0 aromatic heterocycles. The normalized spacial score (nSPS) is 12.0. The Kier molecular flexibility index (Phi) is 12.3. The molecule has 0 saturated carbocycles. The molecule has 0 aliphatic heterocycles. The number of hydrogen-bond donors (Lipinski definition) is 3. The van der Waals surface area contributed by atoms with Crippen molar-refractivity contribution in [2.45, 2.75) is 16.3 Å². The summed E-state index contributed by atoms with van der Waals surface area (Å²) in [5, 5.41) is 7.10. The minimum atomic E-state index is -4.62. The van der Waals surface area contributed by atoms with Gasteiger partial charge in [-0.2, -0.15) is 13.2 Å². The summed E-state index contributed by atoms with van der Waals surface area (Å²) >= 11 is 7.30. The number of alkyl halides is 3. The third-order valence-corrected chi connectivity index (χ3v) is 9.10. The fraction of sp³-hybridized carbons (Fsp3) is 0.103. The maximum atomic E-state index is 13.6. The maximum Gasteiger partial charge on any atom is 0.416 e. The van der Waals surface area contributed by atoms with Gasteiger partial charge in [0.1, 0.15) is 10.9 Å². The molecule has 5 aromatic carbocycles. The van der Waals surface area contributed by atoms with Gasteiger partial charge in [0.15, 0.2) is 11.5 Å². The topological polar surface area (TPSA) is 106 Å². The lowest BCUT2D eigenvalue weighted by atomic mass is 10.1. The smallest absolute Gasteiger partial charge is 0.416 e. The second-order valence-corrected chi connectivity index (χ2v) is 12.6. The second-order valence-electron chi connectivity index (χ2n) is 11.1. The average Bonchev–Trinajstić information content (AvgIpc) is 3.15. The molecule has 3 N–H and O–H groups in total. The molecular formula is C39H31ClF3N3O5S. The van der Waals surface area contributed by atoms with Crippen molar-refractivity contribution in [1.82, 2.24) is 5.32 Å². The predicted octanol–water partition coefficient (Wildman–Crippen LogP) is 9.26. The van der Waals surface area contributed by atoms with Crippen molar-refractivity contribution in [2.24, 2.45) is 0 Å². The van der Waals surface area contributed by atoms with Gasteiger partial charge in [-0.25, -0.2) is 0 Å². The first-order chi connectivity index (χ1) is 24.9. The van der Waals surface area contributed by atoms with Crippen LogP contribution in [-0.2, 0) is 15.8 Å². The summed E-state index contributed by atoms with van der Waals surface area (Å²) < 4.78 is 50.8. The number of carbonyl (C=O) groups excluding carboxylic acids is 3. The zero-order valence-electron chi connectivity index (χ0n) is 27.7. The summed E-state index contributed by atoms with van der Waals surface area (Å²) in [5.74, 6) is -0.777. The minimum Gasteiger partial charge on any atom is -0.493 e. The van der Waals surface area contributed by atoms with E-state index < -0.39 is 34.7 Å². The lowest BCUT2D eigenvalue weighted by molar-refractivity contribution is -0.137. The molecule has 0 spiro atoms. The molecule has 0 radical (unpaired) electrons. The van der Waals surface area contributed by atoms with Crippen LogP contribution in [0.4, 0.5) is 24.5 Å². The van der Waals surface area contributed by atoms with Gasteiger partial charge in [0.05, 0.1) is 30.5 Å². The van der Waals surface area contributed by atoms with Crippen LogP contribution in [0.25, 0.3) is 6.08 Å². The van der Waals surface area contributed by atoms with Crippen molar-refractivity contribution in [2.75, 3.05) is 24.9 Å². The van der Waals surface area contributed by atoms with Crippen LogP contribution in [0, 0.1) is 0 Å². The number of amides is 3. The molecule has 0 heterocycles. The number of nitrogens with one attached hydrogen (secondary N) is 3. The number of anilines is 2. The lowest BCUT2D eigenvalue weighted by Gasteiger charge is -2.19. The summed E-state index contributed by atoms with van der Waals surface area (Å²) in [5.41, 5.74) is 0.727. The average molecular weight is 746 g/mol. The van der Waals surface area contributed by atoms with E-state index in [9.17, 15) is 27.6 Å². The molecule has 13 heteroatoms. The van der Waals surface area contributed by atoms with E-state index in [0.717, 1.165) is 30.0 Å². The van der Waals surface area contributed by atoms with Gasteiger partial charge in [-0.15, -0.1) is 11.8 Å². The lowest BCUT2D eigenvalue weighted by Crippen LogP contribution is -2.30. The minimum absolute atomic E-state index is 0.0437. The first kappa shape index (κ1) is 37.5. The largest absolute Gasteiger partial charge is 0.493 e. The SMILES string of the molecule is COc1ccc(/C=C(\NC(=O)c2ccccc2)C(=O)Nc2ccc(SC(C(=O)Nc3cc(C(F)(F)F)ccc3Cl)c3ccccc3)cc2)cc1OC. The zero-order chi connectivity index (χ0) is 37.3. The van der Waals surface area contributed by atoms with Crippen LogP contribution in [0.3, 0.4) is 0 Å². The summed E-state index contributed by atoms with van der Waals surface area (Å²) in [6.45, 7) is 0. The van der Waals surface area contributed by atoms with Gasteiger partial charge in [0.2, 0.25) is 5.91 Å². The Bertz CT molecular complexity index is 2080. The Morgan fingerprint density at radius 1 is 0.769 bits per heavy atom. The monoisotopic (exact) mass is 745 g/mol. The molecule has 0 bridgehead atoms. The number of thioether (sulfide) groups is 1. The van der Waals surface area contributed by atoms with Crippen LogP contribution in [0.5, 0.6) is 11.5 Å². The quantitative estimate of drug-likeness (QED) is 0.0869. The van der Waals surface area contributed by atoms with Crippen LogP contribution in [0.15, 0.2) is 132 Å². The molecule has 3 amide bonds. The maximum absolute atomic E-state index is 13.6. The van der Waals surface area contributed by atoms with Gasteiger partial charge in [-0.3, -0.25) is 14.4 Å². The van der Waals surface area contributed by atoms with Crippen LogP contribution < -0.4 is 25.4 Å². The Balaban J connectivity index is 1.36. The molecule has 52 heavy (non-hydrogen) atoms. The molecule has 1 atom stereocenters. The van der Waals surface area contributed by atoms with Crippen molar-refractivity contribution in [3.63, 3.8) is 0 Å².